The number of rotatable bonds is 5. The first-order valence-electron chi connectivity index (χ1n) is 11.2. The monoisotopic (exact) mass is 451 g/mol. The third-order valence-electron chi connectivity index (χ3n) is 7.66. The summed E-state index contributed by atoms with van der Waals surface area (Å²) in [6.07, 6.45) is 8.82. The first-order valence-corrected chi connectivity index (χ1v) is 13.0. The Bertz CT molecular complexity index is 900. The molecule has 1 aromatic rings. The smallest absolute Gasteiger partial charge is 0.315 e. The molecule has 30 heavy (non-hydrogen) atoms. The second kappa shape index (κ2) is 7.68. The number of carbonyl (C=O) groups excluding carboxylic acids is 1. The molecule has 2 amide bonds. The number of sulfonamides is 1. The molecule has 1 aliphatic heterocycles. The average Bonchev–Trinajstić information content (AvgIpc) is 3.15. The number of halogens is 1. The van der Waals surface area contributed by atoms with E-state index in [1.807, 2.05) is 0 Å². The average molecular weight is 452 g/mol. The fourth-order valence-corrected chi connectivity index (χ4v) is 9.06. The molecule has 4 saturated carbocycles. The van der Waals surface area contributed by atoms with Gasteiger partial charge in [-0.05, 0) is 81.3 Å². The Hall–Kier alpha value is -1.31. The van der Waals surface area contributed by atoms with Gasteiger partial charge < -0.3 is 10.6 Å². The van der Waals surface area contributed by atoms with Crippen LogP contribution in [0.1, 0.15) is 51.4 Å². The van der Waals surface area contributed by atoms with Gasteiger partial charge in [0.05, 0.1) is 5.02 Å². The molecule has 4 aliphatic carbocycles. The Balaban J connectivity index is 1.22. The van der Waals surface area contributed by atoms with Gasteiger partial charge in [0.1, 0.15) is 4.90 Å². The van der Waals surface area contributed by atoms with Crippen LogP contribution in [0.4, 0.5) is 4.79 Å². The predicted molar refractivity (Wildman–Crippen MR) is 116 cm³/mol. The van der Waals surface area contributed by atoms with Crippen molar-refractivity contribution in [1.29, 1.82) is 0 Å². The standard InChI is InChI=1S/C22H30ClN3O3S/c23-19-5-1-2-6-20(19)30(28,29)26-7-3-4-18(26)14-24-21(27)25-22-11-15-8-16(12-22)10-17(9-15)13-22/h1-2,5-6,15-18H,3-4,7-14H2,(H2,24,25,27). The molecule has 4 bridgehead atoms. The fraction of sp³-hybridized carbons (Fsp3) is 0.682. The van der Waals surface area contributed by atoms with Crippen LogP contribution >= 0.6 is 11.6 Å². The van der Waals surface area contributed by atoms with Crippen molar-refractivity contribution < 1.29 is 13.2 Å². The number of urea groups is 1. The number of nitrogens with zero attached hydrogens (tertiary/aromatic N) is 1. The Kier molecular flexibility index (Phi) is 5.27. The molecule has 0 spiro atoms. The molecule has 0 radical (unpaired) electrons. The molecule has 2 N–H and O–H groups in total. The van der Waals surface area contributed by atoms with E-state index in [1.54, 1.807) is 24.3 Å². The SMILES string of the molecule is O=C(NCC1CCCN1S(=O)(=O)c1ccccc1Cl)NC12CC3CC(CC(C3)C1)C2. The first-order chi connectivity index (χ1) is 14.3. The fourth-order valence-electron chi connectivity index (χ4n) is 6.87. The summed E-state index contributed by atoms with van der Waals surface area (Å²) in [5.41, 5.74) is -0.0438. The van der Waals surface area contributed by atoms with Crippen LogP contribution in [-0.2, 0) is 10.0 Å². The van der Waals surface area contributed by atoms with Gasteiger partial charge in [0, 0.05) is 24.7 Å². The van der Waals surface area contributed by atoms with Gasteiger partial charge in [0.2, 0.25) is 10.0 Å². The van der Waals surface area contributed by atoms with Crippen molar-refractivity contribution in [2.45, 2.75) is 67.8 Å². The van der Waals surface area contributed by atoms with Gasteiger partial charge in [-0.3, -0.25) is 0 Å². The molecule has 1 unspecified atom stereocenters. The largest absolute Gasteiger partial charge is 0.337 e. The lowest BCUT2D eigenvalue weighted by molar-refractivity contribution is -0.0135. The highest BCUT2D eigenvalue weighted by Crippen LogP contribution is 2.55. The van der Waals surface area contributed by atoms with E-state index in [0.29, 0.717) is 13.1 Å². The van der Waals surface area contributed by atoms with Crippen molar-refractivity contribution in [3.05, 3.63) is 29.3 Å². The normalized spacial score (nSPS) is 35.5. The van der Waals surface area contributed by atoms with Crippen molar-refractivity contribution in [3.63, 3.8) is 0 Å². The Morgan fingerprint density at radius 3 is 2.37 bits per heavy atom. The molecule has 1 heterocycles. The maximum atomic E-state index is 13.1. The lowest BCUT2D eigenvalue weighted by Gasteiger charge is -2.56. The van der Waals surface area contributed by atoms with Crippen LogP contribution in [0, 0.1) is 17.8 Å². The van der Waals surface area contributed by atoms with Gasteiger partial charge in [0.25, 0.3) is 0 Å². The van der Waals surface area contributed by atoms with Crippen molar-refractivity contribution in [1.82, 2.24) is 14.9 Å². The zero-order valence-electron chi connectivity index (χ0n) is 17.1. The summed E-state index contributed by atoms with van der Waals surface area (Å²) >= 11 is 6.15. The van der Waals surface area contributed by atoms with E-state index < -0.39 is 10.0 Å². The topological polar surface area (TPSA) is 78.5 Å². The van der Waals surface area contributed by atoms with Crippen LogP contribution < -0.4 is 10.6 Å². The van der Waals surface area contributed by atoms with E-state index >= 15 is 0 Å². The highest BCUT2D eigenvalue weighted by Gasteiger charge is 2.51. The molecule has 1 saturated heterocycles. The summed E-state index contributed by atoms with van der Waals surface area (Å²) < 4.78 is 27.7. The van der Waals surface area contributed by atoms with Crippen LogP contribution in [-0.4, -0.2) is 43.4 Å². The van der Waals surface area contributed by atoms with Gasteiger partial charge in [-0.1, -0.05) is 23.7 Å². The molecular formula is C22H30ClN3O3S. The van der Waals surface area contributed by atoms with Crippen molar-refractivity contribution in [2.24, 2.45) is 17.8 Å². The summed E-state index contributed by atoms with van der Waals surface area (Å²) in [4.78, 5) is 12.9. The Morgan fingerprint density at radius 1 is 1.10 bits per heavy atom. The lowest BCUT2D eigenvalue weighted by atomic mass is 9.53. The van der Waals surface area contributed by atoms with Crippen LogP contribution in [0.25, 0.3) is 0 Å². The quantitative estimate of drug-likeness (QED) is 0.715. The van der Waals surface area contributed by atoms with Gasteiger partial charge in [0.15, 0.2) is 0 Å². The maximum absolute atomic E-state index is 13.1. The summed E-state index contributed by atoms with van der Waals surface area (Å²) in [5, 5.41) is 6.51. The predicted octanol–water partition coefficient (Wildman–Crippen LogP) is 3.76. The molecule has 5 aliphatic rings. The molecule has 6 rings (SSSR count). The van der Waals surface area contributed by atoms with Gasteiger partial charge in [-0.15, -0.1) is 0 Å². The molecule has 5 fully saturated rings. The molecule has 1 aromatic carbocycles. The molecular weight excluding hydrogens is 422 g/mol. The number of hydrogen-bond acceptors (Lipinski definition) is 3. The van der Waals surface area contributed by atoms with E-state index in [-0.39, 0.29) is 27.5 Å². The first kappa shape index (κ1) is 20.6. The Labute approximate surface area is 183 Å². The van der Waals surface area contributed by atoms with Crippen LogP contribution in [0.2, 0.25) is 5.02 Å². The molecule has 6 nitrogen and oxygen atoms in total. The highest BCUT2D eigenvalue weighted by molar-refractivity contribution is 7.89. The van der Waals surface area contributed by atoms with Gasteiger partial charge >= 0.3 is 6.03 Å². The molecule has 0 aromatic heterocycles. The molecule has 164 valence electrons. The second-order valence-electron chi connectivity index (χ2n) is 9.88. The number of carbonyl (C=O) groups is 1. The van der Waals surface area contributed by atoms with Crippen molar-refractivity contribution in [2.75, 3.05) is 13.1 Å². The molecule has 1 atom stereocenters. The van der Waals surface area contributed by atoms with Gasteiger partial charge in [-0.25, -0.2) is 13.2 Å². The third kappa shape index (κ3) is 3.73. The summed E-state index contributed by atoms with van der Waals surface area (Å²) in [5.74, 6) is 2.30. The van der Waals surface area contributed by atoms with Crippen LogP contribution in [0.3, 0.4) is 0 Å². The van der Waals surface area contributed by atoms with Crippen molar-refractivity contribution >= 4 is 27.7 Å². The number of nitrogens with one attached hydrogen (secondary N) is 2. The van der Waals surface area contributed by atoms with E-state index in [2.05, 4.69) is 10.6 Å². The zero-order valence-corrected chi connectivity index (χ0v) is 18.7. The van der Waals surface area contributed by atoms with E-state index in [4.69, 9.17) is 11.6 Å². The highest BCUT2D eigenvalue weighted by atomic mass is 35.5. The van der Waals surface area contributed by atoms with Crippen LogP contribution in [0.15, 0.2) is 29.2 Å². The Morgan fingerprint density at radius 2 is 1.73 bits per heavy atom. The third-order valence-corrected chi connectivity index (χ3v) is 10.1. The minimum atomic E-state index is -3.68. The summed E-state index contributed by atoms with van der Waals surface area (Å²) in [6.45, 7) is 0.776. The number of amides is 2. The minimum absolute atomic E-state index is 0.0438. The maximum Gasteiger partial charge on any atom is 0.315 e. The van der Waals surface area contributed by atoms with E-state index in [0.717, 1.165) is 49.9 Å². The van der Waals surface area contributed by atoms with E-state index in [9.17, 15) is 13.2 Å². The molecule has 8 heteroatoms. The summed E-state index contributed by atoms with van der Waals surface area (Å²) in [7, 11) is -3.68. The van der Waals surface area contributed by atoms with E-state index in [1.165, 1.54) is 23.6 Å². The zero-order chi connectivity index (χ0) is 20.9. The number of benzene rings is 1. The van der Waals surface area contributed by atoms with Gasteiger partial charge in [-0.2, -0.15) is 4.31 Å². The minimum Gasteiger partial charge on any atom is -0.337 e. The second-order valence-corrected chi connectivity index (χ2v) is 12.1. The van der Waals surface area contributed by atoms with Crippen LogP contribution in [0.5, 0.6) is 0 Å². The van der Waals surface area contributed by atoms with Crippen molar-refractivity contribution in [3.8, 4) is 0 Å². The lowest BCUT2D eigenvalue weighted by Crippen LogP contribution is -2.62. The summed E-state index contributed by atoms with van der Waals surface area (Å²) in [6, 6.07) is 6.14. The number of hydrogen-bond donors (Lipinski definition) is 2.